The van der Waals surface area contributed by atoms with Crippen molar-refractivity contribution in [3.63, 3.8) is 0 Å². The lowest BCUT2D eigenvalue weighted by molar-refractivity contribution is 0.211. The van der Waals surface area contributed by atoms with Gasteiger partial charge in [0.2, 0.25) is 0 Å². The van der Waals surface area contributed by atoms with Crippen molar-refractivity contribution in [1.82, 2.24) is 9.97 Å². The van der Waals surface area contributed by atoms with Crippen molar-refractivity contribution in [3.05, 3.63) is 42.4 Å². The van der Waals surface area contributed by atoms with E-state index in [0.29, 0.717) is 11.4 Å². The van der Waals surface area contributed by atoms with E-state index in [1.165, 1.54) is 6.33 Å². The largest absolute Gasteiger partial charge is 0.410 e. The van der Waals surface area contributed by atoms with Gasteiger partial charge in [0.1, 0.15) is 12.1 Å². The lowest BCUT2D eigenvalue weighted by Crippen LogP contribution is -2.19. The maximum Gasteiger partial charge on any atom is 0.409 e. The van der Waals surface area contributed by atoms with Crippen molar-refractivity contribution >= 4 is 6.09 Å². The summed E-state index contributed by atoms with van der Waals surface area (Å²) < 4.78 is 5.11. The van der Waals surface area contributed by atoms with Gasteiger partial charge in [-0.1, -0.05) is 32.9 Å². The molecule has 0 spiro atoms. The van der Waals surface area contributed by atoms with Crippen molar-refractivity contribution in [2.24, 2.45) is 5.73 Å². The second-order valence-electron chi connectivity index (χ2n) is 5.44. The molecule has 0 aliphatic carbocycles. The summed E-state index contributed by atoms with van der Waals surface area (Å²) in [4.78, 5) is 19.2. The van der Waals surface area contributed by atoms with Crippen LogP contribution in [0.4, 0.5) is 4.79 Å². The first kappa shape index (κ1) is 14.0. The number of aromatic nitrogens is 2. The Kier molecular flexibility index (Phi) is 3.70. The Morgan fingerprint density at radius 1 is 1.25 bits per heavy atom. The molecule has 0 bridgehead atoms. The number of nitrogens with two attached hydrogens (primary N) is 1. The Hall–Kier alpha value is -2.43. The lowest BCUT2D eigenvalue weighted by atomic mass is 9.82. The fourth-order valence-corrected chi connectivity index (χ4v) is 2.05. The standard InChI is InChI=1S/C15H17N3O2/c1-15(2,3)10-5-4-6-12(20-14(16)19)13(10)11-7-8-17-9-18-11/h4-9H,1-3H3,(H2,16,19). The van der Waals surface area contributed by atoms with Crippen LogP contribution in [0.1, 0.15) is 26.3 Å². The number of benzene rings is 1. The first-order valence-corrected chi connectivity index (χ1v) is 6.27. The number of primary amides is 1. The Balaban J connectivity index is 2.69. The molecule has 0 saturated heterocycles. The lowest BCUT2D eigenvalue weighted by Gasteiger charge is -2.24. The zero-order valence-electron chi connectivity index (χ0n) is 11.8. The summed E-state index contributed by atoms with van der Waals surface area (Å²) in [6.45, 7) is 6.25. The molecular weight excluding hydrogens is 254 g/mol. The fourth-order valence-electron chi connectivity index (χ4n) is 2.05. The van der Waals surface area contributed by atoms with Gasteiger partial charge in [0.05, 0.1) is 5.69 Å². The molecule has 2 N–H and O–H groups in total. The monoisotopic (exact) mass is 271 g/mol. The Labute approximate surface area is 117 Å². The summed E-state index contributed by atoms with van der Waals surface area (Å²) in [6, 6.07) is 7.31. The van der Waals surface area contributed by atoms with Crippen LogP contribution < -0.4 is 10.5 Å². The van der Waals surface area contributed by atoms with E-state index in [1.54, 1.807) is 18.3 Å². The van der Waals surface area contributed by atoms with Gasteiger partial charge in [-0.3, -0.25) is 0 Å². The zero-order chi connectivity index (χ0) is 14.8. The molecule has 0 aliphatic heterocycles. The molecule has 0 radical (unpaired) electrons. The third kappa shape index (κ3) is 2.93. The van der Waals surface area contributed by atoms with Gasteiger partial charge in [0.25, 0.3) is 0 Å². The predicted octanol–water partition coefficient (Wildman–Crippen LogP) is 2.90. The number of rotatable bonds is 2. The maximum atomic E-state index is 11.1. The molecule has 2 aromatic rings. The van der Waals surface area contributed by atoms with Crippen molar-refractivity contribution < 1.29 is 9.53 Å². The summed E-state index contributed by atoms with van der Waals surface area (Å²) in [5.74, 6) is 0.406. The van der Waals surface area contributed by atoms with Crippen LogP contribution in [0.2, 0.25) is 0 Å². The van der Waals surface area contributed by atoms with Crippen LogP contribution in [-0.4, -0.2) is 16.1 Å². The zero-order valence-corrected chi connectivity index (χ0v) is 11.8. The van der Waals surface area contributed by atoms with Gasteiger partial charge < -0.3 is 10.5 Å². The number of carbonyl (C=O) groups excluding carboxylic acids is 1. The smallest absolute Gasteiger partial charge is 0.409 e. The Morgan fingerprint density at radius 3 is 2.55 bits per heavy atom. The van der Waals surface area contributed by atoms with Crippen LogP contribution in [0.15, 0.2) is 36.8 Å². The van der Waals surface area contributed by atoms with Crippen LogP contribution >= 0.6 is 0 Å². The van der Waals surface area contributed by atoms with E-state index in [2.05, 4.69) is 30.7 Å². The van der Waals surface area contributed by atoms with Gasteiger partial charge in [-0.15, -0.1) is 0 Å². The van der Waals surface area contributed by atoms with Gasteiger partial charge in [0.15, 0.2) is 0 Å². The molecular formula is C15H17N3O2. The minimum Gasteiger partial charge on any atom is -0.410 e. The molecule has 1 aromatic heterocycles. The molecule has 0 aliphatic rings. The molecule has 2 rings (SSSR count). The summed E-state index contributed by atoms with van der Waals surface area (Å²) in [7, 11) is 0. The second-order valence-corrected chi connectivity index (χ2v) is 5.44. The van der Waals surface area contributed by atoms with E-state index in [1.807, 2.05) is 12.1 Å². The highest BCUT2D eigenvalue weighted by Crippen LogP contribution is 2.38. The highest BCUT2D eigenvalue weighted by Gasteiger charge is 2.23. The molecule has 5 heteroatoms. The molecule has 0 unspecified atom stereocenters. The molecule has 0 saturated carbocycles. The van der Waals surface area contributed by atoms with Crippen LogP contribution in [-0.2, 0) is 5.41 Å². The first-order valence-electron chi connectivity index (χ1n) is 6.27. The van der Waals surface area contributed by atoms with Crippen molar-refractivity contribution in [3.8, 4) is 17.0 Å². The number of amides is 1. The SMILES string of the molecule is CC(C)(C)c1cccc(OC(N)=O)c1-c1ccncn1. The summed E-state index contributed by atoms with van der Waals surface area (Å²) in [5.41, 5.74) is 7.49. The maximum absolute atomic E-state index is 11.1. The number of carbonyl (C=O) groups is 1. The molecule has 5 nitrogen and oxygen atoms in total. The molecule has 20 heavy (non-hydrogen) atoms. The van der Waals surface area contributed by atoms with E-state index < -0.39 is 6.09 Å². The van der Waals surface area contributed by atoms with Gasteiger partial charge in [-0.05, 0) is 23.1 Å². The molecule has 1 aromatic carbocycles. The molecule has 1 amide bonds. The normalized spacial score (nSPS) is 11.2. The van der Waals surface area contributed by atoms with E-state index in [0.717, 1.165) is 11.1 Å². The van der Waals surface area contributed by atoms with E-state index in [9.17, 15) is 4.79 Å². The number of hydrogen-bond donors (Lipinski definition) is 1. The molecule has 0 atom stereocenters. The average molecular weight is 271 g/mol. The van der Waals surface area contributed by atoms with Gasteiger partial charge >= 0.3 is 6.09 Å². The minimum atomic E-state index is -0.841. The predicted molar refractivity (Wildman–Crippen MR) is 76.4 cm³/mol. The fraction of sp³-hybridized carbons (Fsp3) is 0.267. The van der Waals surface area contributed by atoms with E-state index in [-0.39, 0.29) is 5.41 Å². The topological polar surface area (TPSA) is 78.1 Å². The highest BCUT2D eigenvalue weighted by atomic mass is 16.5. The van der Waals surface area contributed by atoms with Crippen LogP contribution in [0.5, 0.6) is 5.75 Å². The van der Waals surface area contributed by atoms with Crippen molar-refractivity contribution in [2.75, 3.05) is 0 Å². The summed E-state index contributed by atoms with van der Waals surface area (Å²) in [5, 5.41) is 0. The van der Waals surface area contributed by atoms with Crippen LogP contribution in [0.3, 0.4) is 0 Å². The summed E-state index contributed by atoms with van der Waals surface area (Å²) in [6.07, 6.45) is 2.27. The van der Waals surface area contributed by atoms with Gasteiger partial charge in [0, 0.05) is 11.8 Å². The van der Waals surface area contributed by atoms with Crippen molar-refractivity contribution in [2.45, 2.75) is 26.2 Å². The number of hydrogen-bond acceptors (Lipinski definition) is 4. The highest BCUT2D eigenvalue weighted by molar-refractivity contribution is 5.77. The first-order chi connectivity index (χ1) is 9.39. The van der Waals surface area contributed by atoms with Crippen molar-refractivity contribution in [1.29, 1.82) is 0 Å². The van der Waals surface area contributed by atoms with Crippen LogP contribution in [0, 0.1) is 0 Å². The summed E-state index contributed by atoms with van der Waals surface area (Å²) >= 11 is 0. The number of ether oxygens (including phenoxy) is 1. The third-order valence-corrected chi connectivity index (χ3v) is 2.88. The van der Waals surface area contributed by atoms with Gasteiger partial charge in [-0.25, -0.2) is 14.8 Å². The Bertz CT molecular complexity index is 619. The minimum absolute atomic E-state index is 0.128. The van der Waals surface area contributed by atoms with Crippen LogP contribution in [0.25, 0.3) is 11.3 Å². The van der Waals surface area contributed by atoms with E-state index in [4.69, 9.17) is 10.5 Å². The van der Waals surface area contributed by atoms with Gasteiger partial charge in [-0.2, -0.15) is 0 Å². The molecule has 0 fully saturated rings. The second kappa shape index (κ2) is 5.28. The number of nitrogens with zero attached hydrogens (tertiary/aromatic N) is 2. The average Bonchev–Trinajstić information content (AvgIpc) is 2.38. The van der Waals surface area contributed by atoms with E-state index >= 15 is 0 Å². The third-order valence-electron chi connectivity index (χ3n) is 2.88. The Morgan fingerprint density at radius 2 is 2.00 bits per heavy atom. The molecule has 104 valence electrons. The molecule has 1 heterocycles. The quantitative estimate of drug-likeness (QED) is 0.910.